The Balaban J connectivity index is 1.77. The minimum absolute atomic E-state index is 0.597. The zero-order chi connectivity index (χ0) is 12.4. The van der Waals surface area contributed by atoms with Crippen molar-refractivity contribution in [1.82, 2.24) is 9.36 Å². The highest BCUT2D eigenvalue weighted by molar-refractivity contribution is 7.11. The van der Waals surface area contributed by atoms with Gasteiger partial charge in [0.05, 0.1) is 5.56 Å². The summed E-state index contributed by atoms with van der Waals surface area (Å²) in [5, 5.41) is 4.53. The summed E-state index contributed by atoms with van der Waals surface area (Å²) in [5.41, 5.74) is 8.04. The van der Waals surface area contributed by atoms with E-state index in [9.17, 15) is 0 Å². The molecule has 3 rings (SSSR count). The molecule has 0 bridgehead atoms. The zero-order valence-corrected chi connectivity index (χ0v) is 10.9. The molecule has 1 aliphatic rings. The lowest BCUT2D eigenvalue weighted by Gasteiger charge is -2.06. The van der Waals surface area contributed by atoms with Crippen LogP contribution in [0.3, 0.4) is 0 Å². The highest BCUT2D eigenvalue weighted by atomic mass is 32.1. The lowest BCUT2D eigenvalue weighted by atomic mass is 10.1. The Hall–Kier alpha value is -1.62. The van der Waals surface area contributed by atoms with Crippen LogP contribution in [0.1, 0.15) is 19.3 Å². The van der Waals surface area contributed by atoms with E-state index in [1.165, 1.54) is 30.8 Å². The second kappa shape index (κ2) is 4.94. The fourth-order valence-electron chi connectivity index (χ4n) is 2.02. The normalized spacial score (nSPS) is 14.7. The van der Waals surface area contributed by atoms with Crippen molar-refractivity contribution in [2.75, 3.05) is 17.6 Å². The van der Waals surface area contributed by atoms with Crippen molar-refractivity contribution >= 4 is 22.4 Å². The predicted molar refractivity (Wildman–Crippen MR) is 75.6 cm³/mol. The van der Waals surface area contributed by atoms with Gasteiger partial charge in [0.2, 0.25) is 0 Å². The molecule has 1 saturated carbocycles. The third-order valence-electron chi connectivity index (χ3n) is 3.22. The molecule has 2 aromatic rings. The maximum Gasteiger partial charge on any atom is 0.147 e. The van der Waals surface area contributed by atoms with Crippen LogP contribution < -0.4 is 11.1 Å². The van der Waals surface area contributed by atoms with Gasteiger partial charge in [0.25, 0.3) is 0 Å². The lowest BCUT2D eigenvalue weighted by Crippen LogP contribution is -2.02. The van der Waals surface area contributed by atoms with E-state index in [-0.39, 0.29) is 0 Å². The number of aromatic nitrogens is 2. The Morgan fingerprint density at radius 3 is 2.83 bits per heavy atom. The van der Waals surface area contributed by atoms with Crippen molar-refractivity contribution in [2.24, 2.45) is 5.92 Å². The smallest absolute Gasteiger partial charge is 0.147 e. The van der Waals surface area contributed by atoms with Gasteiger partial charge in [-0.15, -0.1) is 0 Å². The van der Waals surface area contributed by atoms with Crippen LogP contribution in [-0.4, -0.2) is 15.9 Å². The summed E-state index contributed by atoms with van der Waals surface area (Å²) in [7, 11) is 0. The molecule has 0 spiro atoms. The van der Waals surface area contributed by atoms with Crippen molar-refractivity contribution < 1.29 is 0 Å². The van der Waals surface area contributed by atoms with Crippen molar-refractivity contribution in [3.63, 3.8) is 0 Å². The molecule has 0 unspecified atom stereocenters. The quantitative estimate of drug-likeness (QED) is 0.867. The number of hydrogen-bond donors (Lipinski definition) is 2. The third kappa shape index (κ3) is 2.46. The van der Waals surface area contributed by atoms with Crippen molar-refractivity contribution in [3.05, 3.63) is 24.5 Å². The zero-order valence-electron chi connectivity index (χ0n) is 10.1. The number of pyridine rings is 1. The summed E-state index contributed by atoms with van der Waals surface area (Å²) in [6.45, 7) is 1.00. The standard InChI is InChI=1S/C13H16N4S/c14-12-11(10-4-6-15-7-5-10)13(18-17-12)16-8-3-9-1-2-9/h4-7,9,16H,1-3,8H2,(H2,14,17). The number of nitrogens with zero attached hydrogens (tertiary/aromatic N) is 2. The molecular formula is C13H16N4S. The SMILES string of the molecule is Nc1nsc(NCCC2CC2)c1-c1ccncc1. The first-order valence-corrected chi connectivity index (χ1v) is 7.01. The van der Waals surface area contributed by atoms with Crippen LogP contribution in [0, 0.1) is 5.92 Å². The molecule has 2 aromatic heterocycles. The van der Waals surface area contributed by atoms with Gasteiger partial charge in [0, 0.05) is 18.9 Å². The Morgan fingerprint density at radius 1 is 1.33 bits per heavy atom. The van der Waals surface area contributed by atoms with E-state index < -0.39 is 0 Å². The van der Waals surface area contributed by atoms with Gasteiger partial charge in [-0.05, 0) is 41.6 Å². The van der Waals surface area contributed by atoms with Crippen LogP contribution in [0.5, 0.6) is 0 Å². The van der Waals surface area contributed by atoms with Gasteiger partial charge < -0.3 is 11.1 Å². The lowest BCUT2D eigenvalue weighted by molar-refractivity contribution is 0.761. The van der Waals surface area contributed by atoms with E-state index in [0.29, 0.717) is 5.82 Å². The molecule has 4 nitrogen and oxygen atoms in total. The van der Waals surface area contributed by atoms with Crippen molar-refractivity contribution in [2.45, 2.75) is 19.3 Å². The highest BCUT2D eigenvalue weighted by Crippen LogP contribution is 2.37. The van der Waals surface area contributed by atoms with E-state index in [4.69, 9.17) is 5.73 Å². The molecule has 0 aliphatic heterocycles. The summed E-state index contributed by atoms with van der Waals surface area (Å²) in [5.74, 6) is 1.53. The molecule has 0 aromatic carbocycles. The molecule has 94 valence electrons. The van der Waals surface area contributed by atoms with Gasteiger partial charge in [-0.3, -0.25) is 4.98 Å². The molecular weight excluding hydrogens is 244 g/mol. The van der Waals surface area contributed by atoms with Crippen LogP contribution in [0.15, 0.2) is 24.5 Å². The van der Waals surface area contributed by atoms with Crippen LogP contribution in [0.25, 0.3) is 11.1 Å². The average molecular weight is 260 g/mol. The summed E-state index contributed by atoms with van der Waals surface area (Å²) in [6, 6.07) is 3.93. The summed E-state index contributed by atoms with van der Waals surface area (Å²) in [6.07, 6.45) is 7.59. The van der Waals surface area contributed by atoms with Gasteiger partial charge in [-0.2, -0.15) is 4.37 Å². The van der Waals surface area contributed by atoms with Crippen molar-refractivity contribution in [3.8, 4) is 11.1 Å². The van der Waals surface area contributed by atoms with Gasteiger partial charge in [0.15, 0.2) is 0 Å². The first-order valence-electron chi connectivity index (χ1n) is 6.24. The number of nitrogens with one attached hydrogen (secondary N) is 1. The van der Waals surface area contributed by atoms with Crippen LogP contribution in [0.2, 0.25) is 0 Å². The van der Waals surface area contributed by atoms with E-state index in [1.807, 2.05) is 12.1 Å². The summed E-state index contributed by atoms with van der Waals surface area (Å²) < 4.78 is 4.24. The predicted octanol–water partition coefficient (Wildman–Crippen LogP) is 3.00. The molecule has 0 atom stereocenters. The molecule has 0 saturated heterocycles. The first kappa shape index (κ1) is 11.5. The van der Waals surface area contributed by atoms with Crippen LogP contribution in [-0.2, 0) is 0 Å². The molecule has 0 radical (unpaired) electrons. The number of hydrogen-bond acceptors (Lipinski definition) is 5. The van der Waals surface area contributed by atoms with E-state index >= 15 is 0 Å². The second-order valence-corrected chi connectivity index (χ2v) is 5.44. The van der Waals surface area contributed by atoms with E-state index in [2.05, 4.69) is 14.7 Å². The number of nitrogen functional groups attached to an aromatic ring is 1. The van der Waals surface area contributed by atoms with Gasteiger partial charge >= 0.3 is 0 Å². The topological polar surface area (TPSA) is 63.8 Å². The molecule has 18 heavy (non-hydrogen) atoms. The Kier molecular flexibility index (Phi) is 3.15. The maximum atomic E-state index is 5.96. The fourth-order valence-corrected chi connectivity index (χ4v) is 2.78. The van der Waals surface area contributed by atoms with Gasteiger partial charge in [0.1, 0.15) is 10.8 Å². The Morgan fingerprint density at radius 2 is 2.11 bits per heavy atom. The van der Waals surface area contributed by atoms with Crippen molar-refractivity contribution in [1.29, 1.82) is 0 Å². The minimum atomic E-state index is 0.597. The van der Waals surface area contributed by atoms with Gasteiger partial charge in [-0.25, -0.2) is 0 Å². The molecule has 3 N–H and O–H groups in total. The summed E-state index contributed by atoms with van der Waals surface area (Å²) in [4.78, 5) is 4.03. The largest absolute Gasteiger partial charge is 0.382 e. The Labute approximate surface area is 110 Å². The Bertz CT molecular complexity index is 519. The molecule has 2 heterocycles. The number of rotatable bonds is 5. The minimum Gasteiger partial charge on any atom is -0.382 e. The fraction of sp³-hybridized carbons (Fsp3) is 0.385. The maximum absolute atomic E-state index is 5.96. The van der Waals surface area contributed by atoms with E-state index in [0.717, 1.165) is 28.6 Å². The van der Waals surface area contributed by atoms with Crippen LogP contribution in [0.4, 0.5) is 10.8 Å². The molecule has 0 amide bonds. The second-order valence-electron chi connectivity index (χ2n) is 4.67. The molecule has 1 fully saturated rings. The first-order chi connectivity index (χ1) is 8.84. The summed E-state index contributed by atoms with van der Waals surface area (Å²) >= 11 is 1.44. The van der Waals surface area contributed by atoms with E-state index in [1.54, 1.807) is 12.4 Å². The highest BCUT2D eigenvalue weighted by Gasteiger charge is 2.21. The average Bonchev–Trinajstić information content (AvgIpc) is 3.14. The van der Waals surface area contributed by atoms with Gasteiger partial charge in [-0.1, -0.05) is 12.8 Å². The van der Waals surface area contributed by atoms with Crippen LogP contribution >= 0.6 is 11.5 Å². The molecule has 1 aliphatic carbocycles. The molecule has 5 heteroatoms. The number of anilines is 2. The number of nitrogens with two attached hydrogens (primary N) is 1. The monoisotopic (exact) mass is 260 g/mol. The third-order valence-corrected chi connectivity index (χ3v) is 4.04.